The first kappa shape index (κ1) is 14.9. The lowest BCUT2D eigenvalue weighted by atomic mass is 10.1. The average Bonchev–Trinajstić information content (AvgIpc) is 2.30. The van der Waals surface area contributed by atoms with Crippen LogP contribution in [0.25, 0.3) is 0 Å². The van der Waals surface area contributed by atoms with Gasteiger partial charge < -0.3 is 10.1 Å². The first-order chi connectivity index (χ1) is 8.43. The van der Waals surface area contributed by atoms with Gasteiger partial charge in [0.2, 0.25) is 0 Å². The molecule has 1 rings (SSSR count). The van der Waals surface area contributed by atoms with Crippen molar-refractivity contribution in [1.29, 1.82) is 0 Å². The molecule has 0 spiro atoms. The zero-order valence-corrected chi connectivity index (χ0v) is 11.4. The Morgan fingerprint density at radius 2 is 1.78 bits per heavy atom. The number of aryl methyl sites for hydroxylation is 2. The van der Waals surface area contributed by atoms with Crippen LogP contribution in [0.3, 0.4) is 0 Å². The van der Waals surface area contributed by atoms with E-state index in [2.05, 4.69) is 23.9 Å². The van der Waals surface area contributed by atoms with Gasteiger partial charge in [0, 0.05) is 12.6 Å². The van der Waals surface area contributed by atoms with Crippen LogP contribution >= 0.6 is 0 Å². The van der Waals surface area contributed by atoms with Crippen molar-refractivity contribution in [3.8, 4) is 5.75 Å². The van der Waals surface area contributed by atoms with Gasteiger partial charge >= 0.3 is 6.61 Å². The smallest absolute Gasteiger partial charge is 0.387 e. The second-order valence-corrected chi connectivity index (χ2v) is 4.63. The van der Waals surface area contributed by atoms with Gasteiger partial charge in [0.1, 0.15) is 5.75 Å². The quantitative estimate of drug-likeness (QED) is 0.837. The van der Waals surface area contributed by atoms with Crippen molar-refractivity contribution in [1.82, 2.24) is 5.32 Å². The molecule has 0 radical (unpaired) electrons. The highest BCUT2D eigenvalue weighted by molar-refractivity contribution is 5.43. The number of nitrogens with one attached hydrogen (secondary N) is 1. The van der Waals surface area contributed by atoms with Crippen LogP contribution in [0.1, 0.15) is 37.0 Å². The van der Waals surface area contributed by atoms with Crippen molar-refractivity contribution in [2.75, 3.05) is 0 Å². The number of alkyl halides is 2. The predicted octanol–water partition coefficient (Wildman–Crippen LogP) is 3.79. The fourth-order valence-electron chi connectivity index (χ4n) is 1.85. The van der Waals surface area contributed by atoms with Crippen molar-refractivity contribution in [3.63, 3.8) is 0 Å². The van der Waals surface area contributed by atoms with Gasteiger partial charge in [-0.05, 0) is 43.9 Å². The minimum absolute atomic E-state index is 0.289. The SMILES string of the molecule is CC[C@H](C)NCc1cc(C)c(OC(F)F)c(C)c1. The van der Waals surface area contributed by atoms with Gasteiger partial charge in [0.25, 0.3) is 0 Å². The molecule has 0 bridgehead atoms. The molecule has 1 atom stereocenters. The molecule has 0 amide bonds. The van der Waals surface area contributed by atoms with Crippen LogP contribution in [0.5, 0.6) is 5.75 Å². The number of hydrogen-bond acceptors (Lipinski definition) is 2. The Kier molecular flexibility index (Phi) is 5.54. The van der Waals surface area contributed by atoms with Gasteiger partial charge in [-0.15, -0.1) is 0 Å². The summed E-state index contributed by atoms with van der Waals surface area (Å²) in [5.74, 6) is 0.289. The third-order valence-corrected chi connectivity index (χ3v) is 2.99. The summed E-state index contributed by atoms with van der Waals surface area (Å²) in [5, 5.41) is 3.37. The molecule has 2 nitrogen and oxygen atoms in total. The van der Waals surface area contributed by atoms with Gasteiger partial charge in [-0.2, -0.15) is 8.78 Å². The number of halogens is 2. The van der Waals surface area contributed by atoms with Crippen LogP contribution in [0.15, 0.2) is 12.1 Å². The molecule has 0 aromatic heterocycles. The normalized spacial score (nSPS) is 12.8. The van der Waals surface area contributed by atoms with Crippen molar-refractivity contribution in [3.05, 3.63) is 28.8 Å². The Labute approximate surface area is 107 Å². The fraction of sp³-hybridized carbons (Fsp3) is 0.571. The highest BCUT2D eigenvalue weighted by atomic mass is 19.3. The molecule has 0 aliphatic carbocycles. The molecule has 102 valence electrons. The molecule has 4 heteroatoms. The number of benzene rings is 1. The summed E-state index contributed by atoms with van der Waals surface area (Å²) in [6, 6.07) is 4.22. The van der Waals surface area contributed by atoms with E-state index in [1.807, 2.05) is 12.1 Å². The molecular weight excluding hydrogens is 236 g/mol. The summed E-state index contributed by atoms with van der Waals surface area (Å²) in [5.41, 5.74) is 2.58. The molecule has 0 saturated carbocycles. The van der Waals surface area contributed by atoms with E-state index in [4.69, 9.17) is 0 Å². The fourth-order valence-corrected chi connectivity index (χ4v) is 1.85. The summed E-state index contributed by atoms with van der Waals surface area (Å²) in [6.07, 6.45) is 1.06. The van der Waals surface area contributed by atoms with E-state index in [0.29, 0.717) is 6.04 Å². The van der Waals surface area contributed by atoms with Gasteiger partial charge in [0.05, 0.1) is 0 Å². The van der Waals surface area contributed by atoms with Crippen molar-refractivity contribution >= 4 is 0 Å². The van der Waals surface area contributed by atoms with Gasteiger partial charge in [0.15, 0.2) is 0 Å². The first-order valence-electron chi connectivity index (χ1n) is 6.22. The number of rotatable bonds is 6. The van der Waals surface area contributed by atoms with Crippen LogP contribution in [0.2, 0.25) is 0 Å². The van der Waals surface area contributed by atoms with E-state index in [9.17, 15) is 8.78 Å². The van der Waals surface area contributed by atoms with Crippen molar-refractivity contribution in [2.45, 2.75) is 53.3 Å². The molecule has 0 aliphatic rings. The Balaban J connectivity index is 2.79. The van der Waals surface area contributed by atoms with E-state index >= 15 is 0 Å². The van der Waals surface area contributed by atoms with Crippen molar-refractivity contribution in [2.24, 2.45) is 0 Å². The molecule has 0 saturated heterocycles. The van der Waals surface area contributed by atoms with Crippen LogP contribution < -0.4 is 10.1 Å². The Morgan fingerprint density at radius 3 is 2.22 bits per heavy atom. The van der Waals surface area contributed by atoms with Gasteiger partial charge in [-0.25, -0.2) is 0 Å². The maximum atomic E-state index is 12.2. The molecule has 1 aromatic carbocycles. The molecule has 18 heavy (non-hydrogen) atoms. The largest absolute Gasteiger partial charge is 0.434 e. The van der Waals surface area contributed by atoms with E-state index in [-0.39, 0.29) is 5.75 Å². The lowest BCUT2D eigenvalue weighted by Gasteiger charge is -2.15. The van der Waals surface area contributed by atoms with E-state index in [1.165, 1.54) is 0 Å². The van der Waals surface area contributed by atoms with E-state index in [0.717, 1.165) is 29.7 Å². The molecule has 0 fully saturated rings. The summed E-state index contributed by atoms with van der Waals surface area (Å²) in [4.78, 5) is 0. The highest BCUT2D eigenvalue weighted by Gasteiger charge is 2.11. The second-order valence-electron chi connectivity index (χ2n) is 4.63. The minimum atomic E-state index is -2.77. The zero-order chi connectivity index (χ0) is 13.7. The highest BCUT2D eigenvalue weighted by Crippen LogP contribution is 2.26. The Morgan fingerprint density at radius 1 is 1.22 bits per heavy atom. The number of ether oxygens (including phenoxy) is 1. The molecule has 1 N–H and O–H groups in total. The second kappa shape index (κ2) is 6.69. The molecule has 1 aromatic rings. The maximum absolute atomic E-state index is 12.2. The summed E-state index contributed by atoms with van der Waals surface area (Å²) in [7, 11) is 0. The summed E-state index contributed by atoms with van der Waals surface area (Å²) < 4.78 is 29.0. The summed E-state index contributed by atoms with van der Waals surface area (Å²) in [6.45, 7) is 5.79. The molecular formula is C14H21F2NO. The monoisotopic (exact) mass is 257 g/mol. The lowest BCUT2D eigenvalue weighted by molar-refractivity contribution is -0.0507. The molecule has 0 heterocycles. The van der Waals surface area contributed by atoms with Crippen LogP contribution in [-0.2, 0) is 6.54 Å². The topological polar surface area (TPSA) is 21.3 Å². The molecule has 0 aliphatic heterocycles. The Bertz CT molecular complexity index is 370. The van der Waals surface area contributed by atoms with Crippen LogP contribution in [0.4, 0.5) is 8.78 Å². The van der Waals surface area contributed by atoms with Gasteiger partial charge in [-0.3, -0.25) is 0 Å². The van der Waals surface area contributed by atoms with E-state index < -0.39 is 6.61 Å². The number of hydrogen-bond donors (Lipinski definition) is 1. The third-order valence-electron chi connectivity index (χ3n) is 2.99. The lowest BCUT2D eigenvalue weighted by Crippen LogP contribution is -2.24. The minimum Gasteiger partial charge on any atom is -0.434 e. The standard InChI is InChI=1S/C14H21F2NO/c1-5-11(4)17-8-12-6-9(2)13(10(3)7-12)18-14(15)16/h6-7,11,14,17H,5,8H2,1-4H3/t11-/m0/s1. The van der Waals surface area contributed by atoms with E-state index in [1.54, 1.807) is 13.8 Å². The third kappa shape index (κ3) is 4.26. The molecule has 0 unspecified atom stereocenters. The summed E-state index contributed by atoms with van der Waals surface area (Å²) >= 11 is 0. The average molecular weight is 257 g/mol. The zero-order valence-electron chi connectivity index (χ0n) is 11.4. The maximum Gasteiger partial charge on any atom is 0.387 e. The van der Waals surface area contributed by atoms with Crippen LogP contribution in [0, 0.1) is 13.8 Å². The Hall–Kier alpha value is -1.16. The van der Waals surface area contributed by atoms with Crippen LogP contribution in [-0.4, -0.2) is 12.7 Å². The first-order valence-corrected chi connectivity index (χ1v) is 6.22. The van der Waals surface area contributed by atoms with Gasteiger partial charge in [-0.1, -0.05) is 19.1 Å². The van der Waals surface area contributed by atoms with Crippen molar-refractivity contribution < 1.29 is 13.5 Å². The predicted molar refractivity (Wildman–Crippen MR) is 69.1 cm³/mol.